The Kier molecular flexibility index (Phi) is 4.89. The topological polar surface area (TPSA) is 68.7 Å². The highest BCUT2D eigenvalue weighted by molar-refractivity contribution is 5.69. The fraction of sp³-hybridized carbons (Fsp3) is 0.238. The first-order valence-corrected chi connectivity index (χ1v) is 8.99. The van der Waals surface area contributed by atoms with E-state index in [1.54, 1.807) is 27.5 Å². The van der Waals surface area contributed by atoms with Gasteiger partial charge in [0.1, 0.15) is 5.82 Å². The van der Waals surface area contributed by atoms with Crippen molar-refractivity contribution in [3.8, 4) is 17.2 Å². The molecular formula is C21H22N4O3. The summed E-state index contributed by atoms with van der Waals surface area (Å²) in [4.78, 5) is 11.3. The number of para-hydroxylation sites is 1. The summed E-state index contributed by atoms with van der Waals surface area (Å²) >= 11 is 0. The fourth-order valence-electron chi connectivity index (χ4n) is 3.40. The minimum atomic E-state index is 0.549. The molecule has 4 rings (SSSR count). The Balaban J connectivity index is 1.63. The first-order chi connectivity index (χ1) is 13.7. The molecule has 1 aliphatic rings. The minimum absolute atomic E-state index is 0.549. The highest BCUT2D eigenvalue weighted by atomic mass is 16.5. The van der Waals surface area contributed by atoms with Crippen LogP contribution in [0.3, 0.4) is 0 Å². The molecule has 1 N–H and O–H groups in total. The number of fused-ring (bicyclic) bond motifs is 1. The predicted molar refractivity (Wildman–Crippen MR) is 109 cm³/mol. The molecule has 144 valence electrons. The number of benzene rings is 2. The molecule has 0 saturated carbocycles. The first-order valence-electron chi connectivity index (χ1n) is 8.99. The highest BCUT2D eigenvalue weighted by Crippen LogP contribution is 2.40. The summed E-state index contributed by atoms with van der Waals surface area (Å²) in [6.07, 6.45) is 2.74. The first kappa shape index (κ1) is 17.9. The van der Waals surface area contributed by atoms with Gasteiger partial charge >= 0.3 is 0 Å². The van der Waals surface area contributed by atoms with E-state index in [9.17, 15) is 0 Å². The van der Waals surface area contributed by atoms with E-state index in [4.69, 9.17) is 19.2 Å². The summed E-state index contributed by atoms with van der Waals surface area (Å²) in [6.45, 7) is 0.868. The van der Waals surface area contributed by atoms with Crippen LogP contribution in [0.2, 0.25) is 0 Å². The molecule has 1 aliphatic heterocycles. The third-order valence-corrected chi connectivity index (χ3v) is 4.71. The van der Waals surface area contributed by atoms with E-state index in [0.29, 0.717) is 29.0 Å². The molecule has 28 heavy (non-hydrogen) atoms. The third-order valence-electron chi connectivity index (χ3n) is 4.71. The molecule has 0 spiro atoms. The van der Waals surface area contributed by atoms with Crippen molar-refractivity contribution in [1.82, 2.24) is 9.97 Å². The van der Waals surface area contributed by atoms with Crippen molar-refractivity contribution in [2.45, 2.75) is 6.42 Å². The molecule has 0 aliphatic carbocycles. The van der Waals surface area contributed by atoms with Gasteiger partial charge in [-0.3, -0.25) is 0 Å². The Hall–Kier alpha value is -3.48. The van der Waals surface area contributed by atoms with Gasteiger partial charge in [0.25, 0.3) is 0 Å². The van der Waals surface area contributed by atoms with Crippen LogP contribution in [-0.2, 0) is 6.42 Å². The van der Waals surface area contributed by atoms with Gasteiger partial charge < -0.3 is 24.4 Å². The maximum atomic E-state index is 5.42. The molecule has 0 radical (unpaired) electrons. The fourth-order valence-corrected chi connectivity index (χ4v) is 3.40. The number of methoxy groups -OCH3 is 3. The van der Waals surface area contributed by atoms with Crippen molar-refractivity contribution >= 4 is 23.1 Å². The number of hydrogen-bond donors (Lipinski definition) is 1. The number of ether oxygens (including phenoxy) is 3. The summed E-state index contributed by atoms with van der Waals surface area (Å²) in [5.41, 5.74) is 3.25. The molecule has 0 fully saturated rings. The molecule has 2 aromatic carbocycles. The lowest BCUT2D eigenvalue weighted by Gasteiger charge is -2.18. The van der Waals surface area contributed by atoms with Crippen LogP contribution in [0.25, 0.3) is 0 Å². The minimum Gasteiger partial charge on any atom is -0.493 e. The van der Waals surface area contributed by atoms with Crippen LogP contribution in [-0.4, -0.2) is 37.8 Å². The number of rotatable bonds is 6. The second-order valence-electron chi connectivity index (χ2n) is 6.31. The van der Waals surface area contributed by atoms with Crippen molar-refractivity contribution in [3.63, 3.8) is 0 Å². The standard InChI is InChI=1S/C21H22N4O3/c1-26-17-12-15(13-18(27-2)20(17)28-3)23-19-8-10-22-21(24-19)25-11-9-14-6-4-5-7-16(14)25/h4-8,10,12-13H,9,11H2,1-3H3,(H,22,23,24). The zero-order chi connectivity index (χ0) is 19.5. The maximum Gasteiger partial charge on any atom is 0.231 e. The quantitative estimate of drug-likeness (QED) is 0.697. The van der Waals surface area contributed by atoms with Crippen molar-refractivity contribution in [1.29, 1.82) is 0 Å². The van der Waals surface area contributed by atoms with Gasteiger partial charge in [0, 0.05) is 36.2 Å². The van der Waals surface area contributed by atoms with Gasteiger partial charge in [0.2, 0.25) is 11.7 Å². The lowest BCUT2D eigenvalue weighted by Crippen LogP contribution is -2.16. The van der Waals surface area contributed by atoms with Crippen molar-refractivity contribution in [2.75, 3.05) is 38.1 Å². The van der Waals surface area contributed by atoms with E-state index < -0.39 is 0 Å². The molecule has 0 unspecified atom stereocenters. The van der Waals surface area contributed by atoms with Gasteiger partial charge in [0.05, 0.1) is 21.3 Å². The zero-order valence-electron chi connectivity index (χ0n) is 16.1. The van der Waals surface area contributed by atoms with E-state index in [1.807, 2.05) is 24.3 Å². The lowest BCUT2D eigenvalue weighted by molar-refractivity contribution is 0.324. The Morgan fingerprint density at radius 3 is 2.43 bits per heavy atom. The molecular weight excluding hydrogens is 356 g/mol. The molecule has 2 heterocycles. The number of nitrogens with zero attached hydrogens (tertiary/aromatic N) is 3. The van der Waals surface area contributed by atoms with E-state index in [0.717, 1.165) is 24.3 Å². The van der Waals surface area contributed by atoms with Crippen LogP contribution >= 0.6 is 0 Å². The highest BCUT2D eigenvalue weighted by Gasteiger charge is 2.22. The maximum absolute atomic E-state index is 5.42. The summed E-state index contributed by atoms with van der Waals surface area (Å²) in [6, 6.07) is 13.9. The molecule has 0 saturated heterocycles. The van der Waals surface area contributed by atoms with Crippen LogP contribution in [0.5, 0.6) is 17.2 Å². The van der Waals surface area contributed by atoms with E-state index in [-0.39, 0.29) is 0 Å². The molecule has 3 aromatic rings. The van der Waals surface area contributed by atoms with Crippen LogP contribution in [0, 0.1) is 0 Å². The summed E-state index contributed by atoms with van der Waals surface area (Å²) < 4.78 is 16.2. The van der Waals surface area contributed by atoms with Gasteiger partial charge in [-0.25, -0.2) is 4.98 Å². The number of aromatic nitrogens is 2. The van der Waals surface area contributed by atoms with Crippen LogP contribution < -0.4 is 24.4 Å². The van der Waals surface area contributed by atoms with Gasteiger partial charge in [-0.15, -0.1) is 0 Å². The number of anilines is 4. The van der Waals surface area contributed by atoms with Gasteiger partial charge in [-0.2, -0.15) is 4.98 Å². The number of hydrogen-bond acceptors (Lipinski definition) is 7. The zero-order valence-corrected chi connectivity index (χ0v) is 16.1. The number of nitrogens with one attached hydrogen (secondary N) is 1. The van der Waals surface area contributed by atoms with Gasteiger partial charge in [0.15, 0.2) is 11.5 Å². The average Bonchev–Trinajstić information content (AvgIpc) is 3.17. The second-order valence-corrected chi connectivity index (χ2v) is 6.31. The Labute approximate surface area is 163 Å². The second kappa shape index (κ2) is 7.64. The molecule has 0 bridgehead atoms. The third kappa shape index (κ3) is 3.26. The summed E-state index contributed by atoms with van der Waals surface area (Å²) in [5.74, 6) is 3.05. The summed E-state index contributed by atoms with van der Waals surface area (Å²) in [7, 11) is 4.77. The van der Waals surface area contributed by atoms with Crippen LogP contribution in [0.4, 0.5) is 23.1 Å². The van der Waals surface area contributed by atoms with E-state index in [1.165, 1.54) is 5.56 Å². The largest absolute Gasteiger partial charge is 0.493 e. The van der Waals surface area contributed by atoms with E-state index >= 15 is 0 Å². The Morgan fingerprint density at radius 2 is 1.71 bits per heavy atom. The van der Waals surface area contributed by atoms with Crippen molar-refractivity contribution in [3.05, 3.63) is 54.2 Å². The molecule has 0 amide bonds. The SMILES string of the molecule is COc1cc(Nc2ccnc(N3CCc4ccccc43)n2)cc(OC)c1OC. The van der Waals surface area contributed by atoms with Crippen LogP contribution in [0.1, 0.15) is 5.56 Å². The molecule has 1 aromatic heterocycles. The smallest absolute Gasteiger partial charge is 0.231 e. The van der Waals surface area contributed by atoms with Crippen LogP contribution in [0.15, 0.2) is 48.7 Å². The lowest BCUT2D eigenvalue weighted by atomic mass is 10.2. The van der Waals surface area contributed by atoms with E-state index in [2.05, 4.69) is 33.4 Å². The van der Waals surface area contributed by atoms with Crippen molar-refractivity contribution < 1.29 is 14.2 Å². The predicted octanol–water partition coefficient (Wildman–Crippen LogP) is 3.94. The molecule has 7 heteroatoms. The average molecular weight is 378 g/mol. The van der Waals surface area contributed by atoms with Crippen molar-refractivity contribution in [2.24, 2.45) is 0 Å². The summed E-state index contributed by atoms with van der Waals surface area (Å²) in [5, 5.41) is 3.30. The monoisotopic (exact) mass is 378 g/mol. The van der Waals surface area contributed by atoms with Gasteiger partial charge in [-0.05, 0) is 24.1 Å². The molecule has 7 nitrogen and oxygen atoms in total. The Morgan fingerprint density at radius 1 is 0.964 bits per heavy atom. The molecule has 0 atom stereocenters. The normalized spacial score (nSPS) is 12.5. The van der Waals surface area contributed by atoms with Gasteiger partial charge in [-0.1, -0.05) is 18.2 Å². The Bertz CT molecular complexity index is 968.